The molecule has 2 heteroatoms. The Bertz CT molecular complexity index is 749. The van der Waals surface area contributed by atoms with Gasteiger partial charge in [-0.05, 0) is 29.7 Å². The first kappa shape index (κ1) is 13.8. The molecule has 106 valence electrons. The molecule has 3 aromatic rings. The third-order valence-corrected chi connectivity index (χ3v) is 3.86. The minimum atomic E-state index is 0.120. The van der Waals surface area contributed by atoms with Gasteiger partial charge in [-0.25, -0.2) is 0 Å². The van der Waals surface area contributed by atoms with Crippen LogP contribution in [0.4, 0.5) is 0 Å². The summed E-state index contributed by atoms with van der Waals surface area (Å²) in [5.74, 6) is 0. The van der Waals surface area contributed by atoms with Crippen molar-refractivity contribution in [2.24, 2.45) is 5.73 Å². The monoisotopic (exact) mass is 276 g/mol. The maximum atomic E-state index is 6.12. The van der Waals surface area contributed by atoms with Crippen molar-refractivity contribution < 1.29 is 0 Å². The number of benzene rings is 2. The SMILES string of the molecule is CCC(N)c1cccc(Cc2ccc3ccccc3n2)c1. The molecule has 0 aliphatic heterocycles. The highest BCUT2D eigenvalue weighted by Crippen LogP contribution is 2.18. The molecular formula is C19H20N2. The predicted molar refractivity (Wildman–Crippen MR) is 88.2 cm³/mol. The summed E-state index contributed by atoms with van der Waals surface area (Å²) in [5, 5.41) is 1.18. The summed E-state index contributed by atoms with van der Waals surface area (Å²) in [5.41, 5.74) is 10.7. The van der Waals surface area contributed by atoms with Crippen LogP contribution >= 0.6 is 0 Å². The van der Waals surface area contributed by atoms with Crippen LogP contribution in [0.5, 0.6) is 0 Å². The number of aromatic nitrogens is 1. The van der Waals surface area contributed by atoms with Crippen LogP contribution in [-0.4, -0.2) is 4.98 Å². The summed E-state index contributed by atoms with van der Waals surface area (Å²) in [4.78, 5) is 4.73. The van der Waals surface area contributed by atoms with E-state index >= 15 is 0 Å². The molecule has 0 aliphatic carbocycles. The van der Waals surface area contributed by atoms with Crippen molar-refractivity contribution in [1.29, 1.82) is 0 Å². The van der Waals surface area contributed by atoms with Crippen LogP contribution < -0.4 is 5.73 Å². The Morgan fingerprint density at radius 2 is 1.86 bits per heavy atom. The molecular weight excluding hydrogens is 256 g/mol. The summed E-state index contributed by atoms with van der Waals surface area (Å²) in [6.45, 7) is 2.11. The van der Waals surface area contributed by atoms with Gasteiger partial charge in [-0.1, -0.05) is 55.5 Å². The fraction of sp³-hybridized carbons (Fsp3) is 0.211. The van der Waals surface area contributed by atoms with E-state index in [1.165, 1.54) is 16.5 Å². The van der Waals surface area contributed by atoms with Crippen LogP contribution in [0.2, 0.25) is 0 Å². The van der Waals surface area contributed by atoms with Crippen molar-refractivity contribution >= 4 is 10.9 Å². The van der Waals surface area contributed by atoms with Crippen LogP contribution in [0.3, 0.4) is 0 Å². The van der Waals surface area contributed by atoms with Gasteiger partial charge in [-0.2, -0.15) is 0 Å². The smallest absolute Gasteiger partial charge is 0.0705 e. The molecule has 0 saturated heterocycles. The van der Waals surface area contributed by atoms with E-state index in [4.69, 9.17) is 10.7 Å². The largest absolute Gasteiger partial charge is 0.324 e. The van der Waals surface area contributed by atoms with E-state index in [-0.39, 0.29) is 6.04 Å². The number of hydrogen-bond donors (Lipinski definition) is 1. The molecule has 21 heavy (non-hydrogen) atoms. The Balaban J connectivity index is 1.87. The quantitative estimate of drug-likeness (QED) is 0.774. The zero-order valence-electron chi connectivity index (χ0n) is 12.3. The summed E-state index contributed by atoms with van der Waals surface area (Å²) in [7, 11) is 0. The molecule has 0 spiro atoms. The molecule has 0 amide bonds. The molecule has 2 aromatic carbocycles. The minimum Gasteiger partial charge on any atom is -0.324 e. The normalized spacial score (nSPS) is 12.5. The highest BCUT2D eigenvalue weighted by atomic mass is 14.7. The molecule has 1 heterocycles. The van der Waals surface area contributed by atoms with Crippen molar-refractivity contribution in [1.82, 2.24) is 4.98 Å². The molecule has 0 bridgehead atoms. The molecule has 1 aromatic heterocycles. The van der Waals surface area contributed by atoms with Gasteiger partial charge in [0.05, 0.1) is 5.52 Å². The lowest BCUT2D eigenvalue weighted by Gasteiger charge is -2.11. The number of fused-ring (bicyclic) bond motifs is 1. The highest BCUT2D eigenvalue weighted by Gasteiger charge is 2.05. The molecule has 1 unspecified atom stereocenters. The summed E-state index contributed by atoms with van der Waals surface area (Å²) in [6.07, 6.45) is 1.80. The summed E-state index contributed by atoms with van der Waals surface area (Å²) in [6, 6.07) is 21.1. The fourth-order valence-electron chi connectivity index (χ4n) is 2.59. The standard InChI is InChI=1S/C19H20N2/c1-2-18(20)16-8-5-6-14(12-16)13-17-11-10-15-7-3-4-9-19(15)21-17/h3-12,18H,2,13,20H2,1H3. The van der Waals surface area contributed by atoms with E-state index in [2.05, 4.69) is 55.5 Å². The number of pyridine rings is 1. The number of nitrogens with two attached hydrogens (primary N) is 1. The molecule has 1 atom stereocenters. The molecule has 0 aliphatic rings. The number of rotatable bonds is 4. The average Bonchev–Trinajstić information content (AvgIpc) is 2.54. The summed E-state index contributed by atoms with van der Waals surface area (Å²) >= 11 is 0. The first-order valence-electron chi connectivity index (χ1n) is 7.45. The van der Waals surface area contributed by atoms with Crippen LogP contribution in [-0.2, 0) is 6.42 Å². The highest BCUT2D eigenvalue weighted by molar-refractivity contribution is 5.78. The predicted octanol–water partition coefficient (Wildman–Crippen LogP) is 4.24. The third-order valence-electron chi connectivity index (χ3n) is 3.86. The molecule has 3 rings (SSSR count). The van der Waals surface area contributed by atoms with Gasteiger partial charge in [0.2, 0.25) is 0 Å². The van der Waals surface area contributed by atoms with E-state index in [1.807, 2.05) is 12.1 Å². The Labute approximate surface area is 125 Å². The van der Waals surface area contributed by atoms with Gasteiger partial charge in [0.15, 0.2) is 0 Å². The van der Waals surface area contributed by atoms with Crippen molar-refractivity contribution in [2.45, 2.75) is 25.8 Å². The second kappa shape index (κ2) is 6.06. The van der Waals surface area contributed by atoms with Gasteiger partial charge in [0.1, 0.15) is 0 Å². The van der Waals surface area contributed by atoms with Crippen LogP contribution in [0.25, 0.3) is 10.9 Å². The topological polar surface area (TPSA) is 38.9 Å². The Morgan fingerprint density at radius 1 is 1.00 bits per heavy atom. The fourth-order valence-corrected chi connectivity index (χ4v) is 2.59. The first-order valence-corrected chi connectivity index (χ1v) is 7.45. The number of nitrogens with zero attached hydrogens (tertiary/aromatic N) is 1. The van der Waals surface area contributed by atoms with E-state index < -0.39 is 0 Å². The lowest BCUT2D eigenvalue weighted by Crippen LogP contribution is -2.08. The van der Waals surface area contributed by atoms with Crippen LogP contribution in [0, 0.1) is 0 Å². The van der Waals surface area contributed by atoms with Crippen LogP contribution in [0.15, 0.2) is 60.7 Å². The van der Waals surface area contributed by atoms with Gasteiger partial charge in [0, 0.05) is 23.5 Å². The molecule has 2 nitrogen and oxygen atoms in total. The van der Waals surface area contributed by atoms with E-state index in [0.717, 1.165) is 24.1 Å². The van der Waals surface area contributed by atoms with E-state index in [0.29, 0.717) is 0 Å². The molecule has 2 N–H and O–H groups in total. The van der Waals surface area contributed by atoms with Gasteiger partial charge >= 0.3 is 0 Å². The van der Waals surface area contributed by atoms with Gasteiger partial charge in [-0.15, -0.1) is 0 Å². The van der Waals surface area contributed by atoms with E-state index in [9.17, 15) is 0 Å². The average molecular weight is 276 g/mol. The Hall–Kier alpha value is -2.19. The van der Waals surface area contributed by atoms with Crippen molar-refractivity contribution in [3.05, 3.63) is 77.5 Å². The van der Waals surface area contributed by atoms with Gasteiger partial charge in [-0.3, -0.25) is 4.98 Å². The Morgan fingerprint density at radius 3 is 2.71 bits per heavy atom. The van der Waals surface area contributed by atoms with Gasteiger partial charge in [0.25, 0.3) is 0 Å². The maximum Gasteiger partial charge on any atom is 0.0705 e. The van der Waals surface area contributed by atoms with Crippen LogP contribution in [0.1, 0.15) is 36.2 Å². The number of hydrogen-bond acceptors (Lipinski definition) is 2. The lowest BCUT2D eigenvalue weighted by atomic mass is 10.0. The lowest BCUT2D eigenvalue weighted by molar-refractivity contribution is 0.697. The zero-order chi connectivity index (χ0) is 14.7. The summed E-state index contributed by atoms with van der Waals surface area (Å²) < 4.78 is 0. The van der Waals surface area contributed by atoms with Gasteiger partial charge < -0.3 is 5.73 Å². The second-order valence-corrected chi connectivity index (χ2v) is 5.43. The third kappa shape index (κ3) is 3.11. The van der Waals surface area contributed by atoms with Crippen molar-refractivity contribution in [3.63, 3.8) is 0 Å². The minimum absolute atomic E-state index is 0.120. The number of para-hydroxylation sites is 1. The van der Waals surface area contributed by atoms with Crippen molar-refractivity contribution in [2.75, 3.05) is 0 Å². The Kier molecular flexibility index (Phi) is 3.98. The molecule has 0 radical (unpaired) electrons. The molecule has 0 saturated carbocycles. The zero-order valence-corrected chi connectivity index (χ0v) is 12.3. The maximum absolute atomic E-state index is 6.12. The molecule has 0 fully saturated rings. The van der Waals surface area contributed by atoms with E-state index in [1.54, 1.807) is 0 Å². The first-order chi connectivity index (χ1) is 10.3. The second-order valence-electron chi connectivity index (χ2n) is 5.43. The van der Waals surface area contributed by atoms with Crippen molar-refractivity contribution in [3.8, 4) is 0 Å².